The lowest BCUT2D eigenvalue weighted by Gasteiger charge is -2.07. The van der Waals surface area contributed by atoms with E-state index >= 15 is 0 Å². The maximum absolute atomic E-state index is 13.3. The molecule has 3 heteroatoms. The zero-order chi connectivity index (χ0) is 13.8. The van der Waals surface area contributed by atoms with Crippen molar-refractivity contribution in [1.82, 2.24) is 0 Å². The highest BCUT2D eigenvalue weighted by Gasteiger charge is 2.07. The van der Waals surface area contributed by atoms with Crippen molar-refractivity contribution < 1.29 is 13.9 Å². The Bertz CT molecular complexity index is 605. The normalized spacial score (nSPS) is 10.3. The van der Waals surface area contributed by atoms with Crippen molar-refractivity contribution >= 4 is 5.78 Å². The third-order valence-electron chi connectivity index (χ3n) is 2.85. The minimum Gasteiger partial charge on any atom is -0.485 e. The van der Waals surface area contributed by atoms with Gasteiger partial charge in [-0.05, 0) is 31.5 Å². The van der Waals surface area contributed by atoms with Gasteiger partial charge in [-0.15, -0.1) is 0 Å². The van der Waals surface area contributed by atoms with Gasteiger partial charge in [0, 0.05) is 11.6 Å². The van der Waals surface area contributed by atoms with Gasteiger partial charge in [-0.25, -0.2) is 4.39 Å². The number of benzene rings is 2. The molecule has 0 aliphatic heterocycles. The number of ether oxygens (including phenoxy) is 1. The first kappa shape index (κ1) is 13.3. The van der Waals surface area contributed by atoms with Gasteiger partial charge < -0.3 is 4.74 Å². The Balaban J connectivity index is 2.02. The number of hydrogen-bond acceptors (Lipinski definition) is 2. The Labute approximate surface area is 111 Å². The minimum absolute atomic E-state index is 0.0913. The molecule has 2 aromatic carbocycles. The Hall–Kier alpha value is -2.16. The quantitative estimate of drug-likeness (QED) is 0.781. The monoisotopic (exact) mass is 258 g/mol. The van der Waals surface area contributed by atoms with Crippen LogP contribution in [0.25, 0.3) is 0 Å². The number of carbonyl (C=O) groups is 1. The van der Waals surface area contributed by atoms with E-state index in [-0.39, 0.29) is 18.2 Å². The SMILES string of the molecule is Cc1cccc(C(=O)COc2ccc(C)c(F)c2)c1. The van der Waals surface area contributed by atoms with Crippen LogP contribution in [0.3, 0.4) is 0 Å². The zero-order valence-electron chi connectivity index (χ0n) is 10.9. The molecule has 0 aromatic heterocycles. The van der Waals surface area contributed by atoms with Crippen LogP contribution in [0.2, 0.25) is 0 Å². The molecule has 0 aliphatic carbocycles. The van der Waals surface area contributed by atoms with Gasteiger partial charge in [0.2, 0.25) is 0 Å². The first-order chi connectivity index (χ1) is 9.06. The fourth-order valence-electron chi connectivity index (χ4n) is 1.71. The van der Waals surface area contributed by atoms with E-state index in [1.54, 1.807) is 31.2 Å². The van der Waals surface area contributed by atoms with Crippen LogP contribution >= 0.6 is 0 Å². The summed E-state index contributed by atoms with van der Waals surface area (Å²) in [5.41, 5.74) is 2.18. The van der Waals surface area contributed by atoms with Gasteiger partial charge in [-0.2, -0.15) is 0 Å². The molecular weight excluding hydrogens is 243 g/mol. The summed E-state index contributed by atoms with van der Waals surface area (Å²) in [6.07, 6.45) is 0. The predicted octanol–water partition coefficient (Wildman–Crippen LogP) is 3.70. The second kappa shape index (κ2) is 5.65. The molecule has 19 heavy (non-hydrogen) atoms. The lowest BCUT2D eigenvalue weighted by Crippen LogP contribution is -2.11. The Morgan fingerprint density at radius 1 is 1.16 bits per heavy atom. The molecule has 98 valence electrons. The number of aryl methyl sites for hydroxylation is 2. The summed E-state index contributed by atoms with van der Waals surface area (Å²) in [7, 11) is 0. The highest BCUT2D eigenvalue weighted by Crippen LogP contribution is 2.16. The van der Waals surface area contributed by atoms with Gasteiger partial charge in [0.25, 0.3) is 0 Å². The fourth-order valence-corrected chi connectivity index (χ4v) is 1.71. The van der Waals surface area contributed by atoms with Gasteiger partial charge in [0.1, 0.15) is 11.6 Å². The maximum atomic E-state index is 13.3. The van der Waals surface area contributed by atoms with E-state index in [9.17, 15) is 9.18 Å². The second-order valence-electron chi connectivity index (χ2n) is 4.49. The summed E-state index contributed by atoms with van der Waals surface area (Å²) in [6.45, 7) is 3.51. The largest absolute Gasteiger partial charge is 0.485 e. The number of halogens is 1. The first-order valence-electron chi connectivity index (χ1n) is 6.05. The van der Waals surface area contributed by atoms with Crippen molar-refractivity contribution in [2.45, 2.75) is 13.8 Å². The van der Waals surface area contributed by atoms with Crippen molar-refractivity contribution in [3.8, 4) is 5.75 Å². The summed E-state index contributed by atoms with van der Waals surface area (Å²) in [6, 6.07) is 11.9. The third-order valence-corrected chi connectivity index (χ3v) is 2.85. The highest BCUT2D eigenvalue weighted by molar-refractivity contribution is 5.97. The summed E-state index contributed by atoms with van der Waals surface area (Å²) >= 11 is 0. The minimum atomic E-state index is -0.333. The number of carbonyl (C=O) groups excluding carboxylic acids is 1. The molecular formula is C16H15FO2. The van der Waals surface area contributed by atoms with Crippen LogP contribution in [-0.2, 0) is 0 Å². The van der Waals surface area contributed by atoms with Crippen LogP contribution in [0.4, 0.5) is 4.39 Å². The van der Waals surface area contributed by atoms with Gasteiger partial charge in [-0.3, -0.25) is 4.79 Å². The third kappa shape index (κ3) is 3.41. The molecule has 0 saturated carbocycles. The topological polar surface area (TPSA) is 26.3 Å². The smallest absolute Gasteiger partial charge is 0.200 e. The Kier molecular flexibility index (Phi) is 3.95. The molecule has 0 fully saturated rings. The standard InChI is InChI=1S/C16H15FO2/c1-11-4-3-5-13(8-11)16(18)10-19-14-7-6-12(2)15(17)9-14/h3-9H,10H2,1-2H3. The number of hydrogen-bond donors (Lipinski definition) is 0. The highest BCUT2D eigenvalue weighted by atomic mass is 19.1. The van der Waals surface area contributed by atoms with Crippen molar-refractivity contribution in [3.05, 3.63) is 65.0 Å². The Morgan fingerprint density at radius 3 is 2.63 bits per heavy atom. The van der Waals surface area contributed by atoms with Crippen LogP contribution in [0, 0.1) is 19.7 Å². The van der Waals surface area contributed by atoms with Gasteiger partial charge >= 0.3 is 0 Å². The van der Waals surface area contributed by atoms with Crippen molar-refractivity contribution in [3.63, 3.8) is 0 Å². The molecule has 2 aromatic rings. The Morgan fingerprint density at radius 2 is 1.95 bits per heavy atom. The first-order valence-corrected chi connectivity index (χ1v) is 6.05. The molecule has 2 nitrogen and oxygen atoms in total. The molecule has 0 amide bonds. The molecule has 0 atom stereocenters. The van der Waals surface area contributed by atoms with E-state index in [0.29, 0.717) is 16.9 Å². The summed E-state index contributed by atoms with van der Waals surface area (Å²) in [4.78, 5) is 11.9. The number of rotatable bonds is 4. The molecule has 0 radical (unpaired) electrons. The van der Waals surface area contributed by atoms with Crippen LogP contribution in [0.15, 0.2) is 42.5 Å². The van der Waals surface area contributed by atoms with E-state index in [2.05, 4.69) is 0 Å². The van der Waals surface area contributed by atoms with Crippen LogP contribution in [0.1, 0.15) is 21.5 Å². The molecule has 0 aliphatic rings. The average molecular weight is 258 g/mol. The van der Waals surface area contributed by atoms with Gasteiger partial charge in [0.15, 0.2) is 12.4 Å². The van der Waals surface area contributed by atoms with E-state index in [0.717, 1.165) is 5.56 Å². The molecule has 0 unspecified atom stereocenters. The van der Waals surface area contributed by atoms with Gasteiger partial charge in [-0.1, -0.05) is 29.8 Å². The summed E-state index contributed by atoms with van der Waals surface area (Å²) < 4.78 is 18.6. The van der Waals surface area contributed by atoms with E-state index < -0.39 is 0 Å². The fraction of sp³-hybridized carbons (Fsp3) is 0.188. The zero-order valence-corrected chi connectivity index (χ0v) is 10.9. The van der Waals surface area contributed by atoms with Crippen LogP contribution in [-0.4, -0.2) is 12.4 Å². The molecule has 0 heterocycles. The molecule has 2 rings (SSSR count). The van der Waals surface area contributed by atoms with Crippen LogP contribution < -0.4 is 4.74 Å². The molecule has 0 spiro atoms. The van der Waals surface area contributed by atoms with E-state index in [1.807, 2.05) is 19.1 Å². The summed E-state index contributed by atoms with van der Waals surface area (Å²) in [5, 5.41) is 0. The maximum Gasteiger partial charge on any atom is 0.200 e. The van der Waals surface area contributed by atoms with E-state index in [4.69, 9.17) is 4.74 Å². The van der Waals surface area contributed by atoms with Crippen molar-refractivity contribution in [2.24, 2.45) is 0 Å². The molecule has 0 saturated heterocycles. The summed E-state index contributed by atoms with van der Waals surface area (Å²) in [5.74, 6) is -0.0886. The number of ketones is 1. The average Bonchev–Trinajstić information content (AvgIpc) is 2.40. The van der Waals surface area contributed by atoms with Crippen LogP contribution in [0.5, 0.6) is 5.75 Å². The van der Waals surface area contributed by atoms with Gasteiger partial charge in [0.05, 0.1) is 0 Å². The lowest BCUT2D eigenvalue weighted by atomic mass is 10.1. The predicted molar refractivity (Wildman–Crippen MR) is 72.1 cm³/mol. The second-order valence-corrected chi connectivity index (χ2v) is 4.49. The van der Waals surface area contributed by atoms with Crippen molar-refractivity contribution in [2.75, 3.05) is 6.61 Å². The number of Topliss-reactive ketones (excluding diaryl/α,β-unsaturated/α-hetero) is 1. The molecule has 0 bridgehead atoms. The lowest BCUT2D eigenvalue weighted by molar-refractivity contribution is 0.0921. The molecule has 0 N–H and O–H groups in total. The van der Waals surface area contributed by atoms with Crippen molar-refractivity contribution in [1.29, 1.82) is 0 Å². The van der Waals surface area contributed by atoms with E-state index in [1.165, 1.54) is 6.07 Å².